The van der Waals surface area contributed by atoms with Gasteiger partial charge >= 0.3 is 0 Å². The first-order chi connectivity index (χ1) is 26.6. The van der Waals surface area contributed by atoms with Crippen LogP contribution in [0.3, 0.4) is 0 Å². The smallest absolute Gasteiger partial charge is 0.253 e. The molecule has 0 saturated carbocycles. The van der Waals surface area contributed by atoms with Gasteiger partial charge in [0.2, 0.25) is 5.91 Å². The molecule has 2 fully saturated rings. The van der Waals surface area contributed by atoms with Gasteiger partial charge in [-0.05, 0) is 106 Å². The molecule has 2 aliphatic heterocycles. The summed E-state index contributed by atoms with van der Waals surface area (Å²) in [6.07, 6.45) is 21.5. The van der Waals surface area contributed by atoms with Crippen molar-refractivity contribution >= 4 is 5.91 Å². The molecule has 2 aromatic heterocycles. The first-order valence-corrected chi connectivity index (χ1v) is 21.2. The molecule has 4 heterocycles. The highest BCUT2D eigenvalue weighted by Crippen LogP contribution is 2.45. The van der Waals surface area contributed by atoms with Crippen LogP contribution in [0.5, 0.6) is 0 Å². The van der Waals surface area contributed by atoms with Crippen molar-refractivity contribution in [1.29, 1.82) is 0 Å². The largest absolute Gasteiger partial charge is 0.314 e. The molecule has 308 valence electrons. The molecule has 0 aliphatic carbocycles. The van der Waals surface area contributed by atoms with Gasteiger partial charge in [-0.25, -0.2) is 0 Å². The summed E-state index contributed by atoms with van der Waals surface area (Å²) in [5.74, 6) is 5.70. The molecule has 0 bridgehead atoms. The lowest BCUT2D eigenvalue weighted by Crippen LogP contribution is -2.76. The summed E-state index contributed by atoms with van der Waals surface area (Å²) in [6, 6.07) is 9.15. The van der Waals surface area contributed by atoms with Crippen LogP contribution in [-0.2, 0) is 30.7 Å². The van der Waals surface area contributed by atoms with E-state index in [0.29, 0.717) is 100 Å². The molecule has 4 rings (SSSR count). The molecular formula is C46H71N7O3. The van der Waals surface area contributed by atoms with E-state index in [-0.39, 0.29) is 17.0 Å². The monoisotopic (exact) mass is 770 g/mol. The lowest BCUT2D eigenvalue weighted by molar-refractivity contribution is -0.199. The van der Waals surface area contributed by atoms with Gasteiger partial charge in [0.15, 0.2) is 0 Å². The maximum absolute atomic E-state index is 14.7. The summed E-state index contributed by atoms with van der Waals surface area (Å²) >= 11 is 0. The fourth-order valence-corrected chi connectivity index (χ4v) is 9.94. The lowest BCUT2D eigenvalue weighted by atomic mass is 9.80. The Morgan fingerprint density at radius 2 is 1.05 bits per heavy atom. The Labute approximate surface area is 338 Å². The minimum atomic E-state index is -0.927. The molecule has 0 aromatic carbocycles. The van der Waals surface area contributed by atoms with Gasteiger partial charge in [-0.1, -0.05) is 24.0 Å². The maximum atomic E-state index is 14.7. The lowest BCUT2D eigenvalue weighted by Gasteiger charge is -2.63. The number of hydrogen-bond donors (Lipinski definition) is 0. The van der Waals surface area contributed by atoms with E-state index in [1.807, 2.05) is 45.8 Å². The van der Waals surface area contributed by atoms with E-state index in [1.54, 1.807) is 6.92 Å². The van der Waals surface area contributed by atoms with Crippen LogP contribution in [0, 0.1) is 24.7 Å². The molecule has 0 spiro atoms. The SMILES string of the molecule is C#CCN1CCCCC1(Cc1cccn(CCN(C(C)C)C(C)C)c1=O)N(C(C)=O)C1(Cc2cccn(CCN(C(C)C)C(C)C)c2=O)CCCCN1CC#C. The van der Waals surface area contributed by atoms with Crippen LogP contribution in [0.15, 0.2) is 46.2 Å². The molecule has 2 unspecified atom stereocenters. The van der Waals surface area contributed by atoms with E-state index in [1.165, 1.54) is 0 Å². The van der Waals surface area contributed by atoms with E-state index >= 15 is 0 Å². The molecule has 10 heteroatoms. The zero-order chi connectivity index (χ0) is 41.2. The van der Waals surface area contributed by atoms with E-state index in [0.717, 1.165) is 38.8 Å². The van der Waals surface area contributed by atoms with Crippen LogP contribution in [0.4, 0.5) is 0 Å². The van der Waals surface area contributed by atoms with Gasteiger partial charge in [-0.2, -0.15) is 0 Å². The van der Waals surface area contributed by atoms with Crippen LogP contribution in [0.1, 0.15) is 112 Å². The van der Waals surface area contributed by atoms with Gasteiger partial charge in [-0.3, -0.25) is 34.0 Å². The van der Waals surface area contributed by atoms with Crippen LogP contribution < -0.4 is 11.1 Å². The van der Waals surface area contributed by atoms with Crippen LogP contribution in [0.25, 0.3) is 0 Å². The van der Waals surface area contributed by atoms with Crippen molar-refractivity contribution in [1.82, 2.24) is 33.6 Å². The zero-order valence-electron chi connectivity index (χ0n) is 36.1. The number of likely N-dealkylation sites (tertiary alicyclic amines) is 2. The summed E-state index contributed by atoms with van der Waals surface area (Å²) in [6.45, 7) is 23.8. The number of piperidine rings is 2. The van der Waals surface area contributed by atoms with Crippen LogP contribution in [-0.4, -0.2) is 114 Å². The van der Waals surface area contributed by atoms with Crippen molar-refractivity contribution in [2.45, 2.75) is 162 Å². The fraction of sp³-hybridized carbons (Fsp3) is 0.674. The van der Waals surface area contributed by atoms with Crippen molar-refractivity contribution in [2.24, 2.45) is 0 Å². The van der Waals surface area contributed by atoms with E-state index < -0.39 is 11.3 Å². The Kier molecular flexibility index (Phi) is 16.2. The molecule has 0 radical (unpaired) electrons. The number of rotatable bonds is 18. The predicted octanol–water partition coefficient (Wildman–Crippen LogP) is 5.51. The zero-order valence-corrected chi connectivity index (χ0v) is 36.1. The maximum Gasteiger partial charge on any atom is 0.253 e. The molecule has 2 aliphatic rings. The Morgan fingerprint density at radius 1 is 0.679 bits per heavy atom. The van der Waals surface area contributed by atoms with Crippen molar-refractivity contribution in [3.8, 4) is 24.7 Å². The van der Waals surface area contributed by atoms with E-state index in [2.05, 4.69) is 91.7 Å². The highest BCUT2D eigenvalue weighted by molar-refractivity contribution is 5.75. The summed E-state index contributed by atoms with van der Waals surface area (Å²) in [7, 11) is 0. The number of pyridine rings is 2. The first kappa shape index (κ1) is 45.0. The third-order valence-electron chi connectivity index (χ3n) is 12.4. The standard InChI is InChI=1S/C46H71N7O3/c1-12-24-49-28-16-14-22-45(49,34-41-20-18-26-47(43(41)55)30-32-51(36(3)4)37(5)6)53(40(11)54)46(23-15-17-29-50(46)25-13-2)35-42-21-19-27-48(44(42)56)31-33-52(38(7)8)39(9)10/h1-2,18-21,26-27,36-39H,14-17,22-25,28-35H2,3-11H3. The molecule has 1 amide bonds. The average molecular weight is 770 g/mol. The van der Waals surface area contributed by atoms with Crippen molar-refractivity contribution in [3.05, 3.63) is 68.5 Å². The second-order valence-electron chi connectivity index (χ2n) is 17.3. The number of carbonyl (C=O) groups excluding carboxylic acids is 1. The minimum Gasteiger partial charge on any atom is -0.314 e. The van der Waals surface area contributed by atoms with Gasteiger partial charge in [0.25, 0.3) is 11.1 Å². The molecule has 2 aromatic rings. The molecule has 56 heavy (non-hydrogen) atoms. The molecule has 10 nitrogen and oxygen atoms in total. The first-order valence-electron chi connectivity index (χ1n) is 21.2. The number of terminal acetylenes is 2. The van der Waals surface area contributed by atoms with Gasteiger partial charge in [0, 0.05) is 107 Å². The van der Waals surface area contributed by atoms with Crippen LogP contribution >= 0.6 is 0 Å². The molecule has 0 N–H and O–H groups in total. The number of amides is 1. The van der Waals surface area contributed by atoms with E-state index in [9.17, 15) is 14.4 Å². The number of nitrogens with zero attached hydrogens (tertiary/aromatic N) is 7. The predicted molar refractivity (Wildman–Crippen MR) is 229 cm³/mol. The molecular weight excluding hydrogens is 699 g/mol. The summed E-state index contributed by atoms with van der Waals surface area (Å²) in [5.41, 5.74) is -0.641. The van der Waals surface area contributed by atoms with Gasteiger partial charge in [0.05, 0.1) is 13.1 Å². The van der Waals surface area contributed by atoms with Crippen molar-refractivity contribution in [2.75, 3.05) is 39.3 Å². The third kappa shape index (κ3) is 10.1. The molecule has 2 atom stereocenters. The fourth-order valence-electron chi connectivity index (χ4n) is 9.94. The van der Waals surface area contributed by atoms with Gasteiger partial charge in [0.1, 0.15) is 11.3 Å². The van der Waals surface area contributed by atoms with Crippen LogP contribution in [0.2, 0.25) is 0 Å². The van der Waals surface area contributed by atoms with Crippen molar-refractivity contribution in [3.63, 3.8) is 0 Å². The normalized spacial score (nSPS) is 21.0. The summed E-state index contributed by atoms with van der Waals surface area (Å²) < 4.78 is 3.64. The Balaban J connectivity index is 1.89. The highest BCUT2D eigenvalue weighted by Gasteiger charge is 2.56. The Morgan fingerprint density at radius 3 is 1.38 bits per heavy atom. The molecule has 2 saturated heterocycles. The van der Waals surface area contributed by atoms with E-state index in [4.69, 9.17) is 12.8 Å². The number of carbonyl (C=O) groups is 1. The second-order valence-corrected chi connectivity index (χ2v) is 17.3. The minimum absolute atomic E-state index is 0.0463. The highest BCUT2D eigenvalue weighted by atomic mass is 16.2. The van der Waals surface area contributed by atoms with Gasteiger partial charge in [-0.15, -0.1) is 12.8 Å². The second kappa shape index (κ2) is 20.1. The number of hydrogen-bond acceptors (Lipinski definition) is 7. The van der Waals surface area contributed by atoms with Gasteiger partial charge < -0.3 is 14.0 Å². The van der Waals surface area contributed by atoms with Crippen molar-refractivity contribution < 1.29 is 4.79 Å². The summed E-state index contributed by atoms with van der Waals surface area (Å²) in [5, 5.41) is 0. The number of aromatic nitrogens is 2. The third-order valence-corrected chi connectivity index (χ3v) is 12.4. The summed E-state index contributed by atoms with van der Waals surface area (Å²) in [4.78, 5) is 55.1. The topological polar surface area (TPSA) is 77.3 Å². The quantitative estimate of drug-likeness (QED) is 0.185. The average Bonchev–Trinajstić information content (AvgIpc) is 3.13. The Hall–Kier alpha value is -3.67. The Bertz CT molecular complexity index is 1660.